The molecule has 2 atom stereocenters. The van der Waals surface area contributed by atoms with Crippen LogP contribution in [0.25, 0.3) is 0 Å². The fourth-order valence-electron chi connectivity index (χ4n) is 2.70. The Labute approximate surface area is 119 Å². The monoisotopic (exact) mass is 286 g/mol. The summed E-state index contributed by atoms with van der Waals surface area (Å²) in [6, 6.07) is 2.60. The van der Waals surface area contributed by atoms with Gasteiger partial charge in [-0.25, -0.2) is 4.98 Å². The normalized spacial score (nSPS) is 24.0. The minimum atomic E-state index is 0.434. The van der Waals surface area contributed by atoms with E-state index in [1.807, 2.05) is 6.07 Å². The van der Waals surface area contributed by atoms with Gasteiger partial charge in [-0.3, -0.25) is 0 Å². The number of anilines is 1. The number of pyridine rings is 1. The maximum Gasteiger partial charge on any atom is 0.128 e. The molecule has 0 amide bonds. The molecule has 2 rings (SSSR count). The first-order chi connectivity index (χ1) is 8.61. The van der Waals surface area contributed by atoms with Gasteiger partial charge in [0, 0.05) is 25.2 Å². The fraction of sp³-hybridized carbons (Fsp3) is 0.643. The molecule has 100 valence electrons. The third kappa shape index (κ3) is 3.10. The molecule has 2 unspecified atom stereocenters. The van der Waals surface area contributed by atoms with E-state index >= 15 is 0 Å². The van der Waals surface area contributed by atoms with Crippen molar-refractivity contribution < 1.29 is 0 Å². The van der Waals surface area contributed by atoms with E-state index in [-0.39, 0.29) is 0 Å². The van der Waals surface area contributed by atoms with Gasteiger partial charge in [-0.15, -0.1) is 11.6 Å². The molecule has 1 aliphatic rings. The van der Waals surface area contributed by atoms with Crippen molar-refractivity contribution in [2.45, 2.75) is 44.5 Å². The number of halogens is 2. The van der Waals surface area contributed by atoms with Crippen LogP contribution in [0.4, 0.5) is 5.82 Å². The molecule has 2 nitrogen and oxygen atoms in total. The molecule has 1 aromatic rings. The molecule has 0 spiro atoms. The van der Waals surface area contributed by atoms with Crippen LogP contribution in [-0.4, -0.2) is 18.1 Å². The van der Waals surface area contributed by atoms with E-state index in [0.29, 0.717) is 16.9 Å². The van der Waals surface area contributed by atoms with Crippen molar-refractivity contribution in [3.05, 3.63) is 22.8 Å². The van der Waals surface area contributed by atoms with Gasteiger partial charge in [0.1, 0.15) is 5.82 Å². The Bertz CT molecular complexity index is 409. The predicted molar refractivity (Wildman–Crippen MR) is 78.6 cm³/mol. The molecular formula is C14H20Cl2N2. The Balaban J connectivity index is 2.14. The lowest BCUT2D eigenvalue weighted by atomic mass is 9.86. The van der Waals surface area contributed by atoms with Gasteiger partial charge in [0.2, 0.25) is 0 Å². The van der Waals surface area contributed by atoms with Crippen molar-refractivity contribution in [2.24, 2.45) is 5.92 Å². The zero-order valence-corrected chi connectivity index (χ0v) is 12.5. The molecule has 0 radical (unpaired) electrons. The number of alkyl halides is 1. The van der Waals surface area contributed by atoms with E-state index in [0.717, 1.165) is 17.3 Å². The van der Waals surface area contributed by atoms with Gasteiger partial charge in [-0.05, 0) is 30.4 Å². The Morgan fingerprint density at radius 3 is 2.89 bits per heavy atom. The van der Waals surface area contributed by atoms with Crippen LogP contribution in [0.2, 0.25) is 5.02 Å². The van der Waals surface area contributed by atoms with Crippen molar-refractivity contribution in [1.82, 2.24) is 4.98 Å². The predicted octanol–water partition coefficient (Wildman–Crippen LogP) is 4.49. The van der Waals surface area contributed by atoms with Crippen LogP contribution in [0.5, 0.6) is 0 Å². The van der Waals surface area contributed by atoms with E-state index in [4.69, 9.17) is 23.2 Å². The standard InChI is InChI=1S/C14H20Cl2N2/c1-10-4-3-5-12(6-10)18(2)14-7-11(8-15)13(16)9-17-14/h7,9-10,12H,3-6,8H2,1-2H3. The number of hydrogen-bond donors (Lipinski definition) is 0. The smallest absolute Gasteiger partial charge is 0.128 e. The lowest BCUT2D eigenvalue weighted by Crippen LogP contribution is -2.36. The molecule has 4 heteroatoms. The van der Waals surface area contributed by atoms with Crippen molar-refractivity contribution >= 4 is 29.0 Å². The molecule has 1 heterocycles. The molecule has 0 aliphatic heterocycles. The zero-order chi connectivity index (χ0) is 13.1. The first kappa shape index (κ1) is 14.0. The Morgan fingerprint density at radius 2 is 2.22 bits per heavy atom. The summed E-state index contributed by atoms with van der Waals surface area (Å²) in [5, 5.41) is 0.652. The van der Waals surface area contributed by atoms with Crippen molar-refractivity contribution in [2.75, 3.05) is 11.9 Å². The van der Waals surface area contributed by atoms with E-state index < -0.39 is 0 Å². The summed E-state index contributed by atoms with van der Waals surface area (Å²) in [5.41, 5.74) is 0.957. The van der Waals surface area contributed by atoms with Crippen molar-refractivity contribution in [3.63, 3.8) is 0 Å². The topological polar surface area (TPSA) is 16.1 Å². The zero-order valence-electron chi connectivity index (χ0n) is 11.0. The van der Waals surface area contributed by atoms with E-state index in [9.17, 15) is 0 Å². The highest BCUT2D eigenvalue weighted by molar-refractivity contribution is 6.32. The molecule has 0 N–H and O–H groups in total. The second kappa shape index (κ2) is 6.12. The van der Waals surface area contributed by atoms with Crippen LogP contribution >= 0.6 is 23.2 Å². The third-order valence-electron chi connectivity index (χ3n) is 3.88. The summed E-state index contributed by atoms with van der Waals surface area (Å²) >= 11 is 11.9. The SMILES string of the molecule is CC1CCCC(N(C)c2cc(CCl)c(Cl)cn2)C1. The van der Waals surface area contributed by atoms with Gasteiger partial charge in [0.05, 0.1) is 5.02 Å². The van der Waals surface area contributed by atoms with Crippen LogP contribution in [0.1, 0.15) is 38.2 Å². The molecule has 1 saturated carbocycles. The summed E-state index contributed by atoms with van der Waals surface area (Å²) in [5.74, 6) is 2.23. The van der Waals surface area contributed by atoms with Crippen LogP contribution in [0.15, 0.2) is 12.3 Å². The van der Waals surface area contributed by atoms with Gasteiger partial charge in [0.15, 0.2) is 0 Å². The van der Waals surface area contributed by atoms with Gasteiger partial charge in [0.25, 0.3) is 0 Å². The van der Waals surface area contributed by atoms with Gasteiger partial charge < -0.3 is 4.90 Å². The first-order valence-electron chi connectivity index (χ1n) is 6.55. The minimum Gasteiger partial charge on any atom is -0.357 e. The second-order valence-corrected chi connectivity index (χ2v) is 5.98. The van der Waals surface area contributed by atoms with Crippen LogP contribution < -0.4 is 4.90 Å². The van der Waals surface area contributed by atoms with Gasteiger partial charge >= 0.3 is 0 Å². The summed E-state index contributed by atoms with van der Waals surface area (Å²) in [4.78, 5) is 6.70. The molecule has 0 saturated heterocycles. The molecule has 1 aromatic heterocycles. The second-order valence-electron chi connectivity index (χ2n) is 5.30. The first-order valence-corrected chi connectivity index (χ1v) is 7.46. The lowest BCUT2D eigenvalue weighted by molar-refractivity contribution is 0.335. The average molecular weight is 287 g/mol. The molecule has 0 bridgehead atoms. The Hall–Kier alpha value is -0.470. The summed E-state index contributed by atoms with van der Waals surface area (Å²) in [6.45, 7) is 2.33. The van der Waals surface area contributed by atoms with Crippen LogP contribution in [-0.2, 0) is 5.88 Å². The number of hydrogen-bond acceptors (Lipinski definition) is 2. The Kier molecular flexibility index (Phi) is 4.74. The summed E-state index contributed by atoms with van der Waals surface area (Å²) < 4.78 is 0. The molecule has 18 heavy (non-hydrogen) atoms. The fourth-order valence-corrected chi connectivity index (χ4v) is 3.16. The lowest BCUT2D eigenvalue weighted by Gasteiger charge is -2.35. The number of rotatable bonds is 3. The highest BCUT2D eigenvalue weighted by Crippen LogP contribution is 2.30. The quantitative estimate of drug-likeness (QED) is 0.761. The Morgan fingerprint density at radius 1 is 1.44 bits per heavy atom. The highest BCUT2D eigenvalue weighted by atomic mass is 35.5. The third-order valence-corrected chi connectivity index (χ3v) is 4.51. The van der Waals surface area contributed by atoms with E-state index in [1.165, 1.54) is 25.7 Å². The largest absolute Gasteiger partial charge is 0.357 e. The maximum absolute atomic E-state index is 6.04. The van der Waals surface area contributed by atoms with Crippen LogP contribution in [0, 0.1) is 5.92 Å². The van der Waals surface area contributed by atoms with Crippen LogP contribution in [0.3, 0.4) is 0 Å². The summed E-state index contributed by atoms with van der Waals surface area (Å²) in [7, 11) is 2.12. The average Bonchev–Trinajstić information content (AvgIpc) is 2.38. The van der Waals surface area contributed by atoms with Gasteiger partial charge in [-0.2, -0.15) is 0 Å². The molecular weight excluding hydrogens is 267 g/mol. The van der Waals surface area contributed by atoms with Crippen molar-refractivity contribution in [1.29, 1.82) is 0 Å². The van der Waals surface area contributed by atoms with E-state index in [2.05, 4.69) is 23.9 Å². The van der Waals surface area contributed by atoms with Crippen molar-refractivity contribution in [3.8, 4) is 0 Å². The highest BCUT2D eigenvalue weighted by Gasteiger charge is 2.23. The maximum atomic E-state index is 6.04. The molecule has 1 aliphatic carbocycles. The molecule has 0 aromatic carbocycles. The number of aromatic nitrogens is 1. The minimum absolute atomic E-state index is 0.434. The molecule has 1 fully saturated rings. The number of nitrogens with zero attached hydrogens (tertiary/aromatic N) is 2. The summed E-state index contributed by atoms with van der Waals surface area (Å²) in [6.07, 6.45) is 6.87. The van der Waals surface area contributed by atoms with Gasteiger partial charge in [-0.1, -0.05) is 31.4 Å². The van der Waals surface area contributed by atoms with E-state index in [1.54, 1.807) is 6.20 Å².